The molecule has 2 aromatic rings. The first-order chi connectivity index (χ1) is 9.58. The summed E-state index contributed by atoms with van der Waals surface area (Å²) in [6.07, 6.45) is 0.725. The number of aromatic nitrogens is 2. The summed E-state index contributed by atoms with van der Waals surface area (Å²) in [5, 5.41) is 12.2. The molecule has 1 amide bonds. The highest BCUT2D eigenvalue weighted by Crippen LogP contribution is 2.28. The molecule has 20 heavy (non-hydrogen) atoms. The van der Waals surface area contributed by atoms with Gasteiger partial charge in [0.05, 0.1) is 5.25 Å². The number of carbonyl (C=O) groups excluding carboxylic acids is 1. The third-order valence-corrected chi connectivity index (χ3v) is 5.06. The molecule has 1 atom stereocenters. The first-order valence-electron chi connectivity index (χ1n) is 6.11. The number of hydrogen-bond acceptors (Lipinski definition) is 5. The standard InChI is InChI=1S/C13H14ClN3OS2/c1-3-11(20-13-17-16-8(2)19-13)12(18)15-10-6-4-9(14)5-7-10/h4-7,11H,3H2,1-2H3,(H,15,18)/t11-/m1/s1. The predicted molar refractivity (Wildman–Crippen MR) is 84.7 cm³/mol. The molecule has 1 aromatic carbocycles. The van der Waals surface area contributed by atoms with E-state index in [4.69, 9.17) is 11.6 Å². The van der Waals surface area contributed by atoms with E-state index < -0.39 is 0 Å². The van der Waals surface area contributed by atoms with Gasteiger partial charge in [-0.2, -0.15) is 0 Å². The molecule has 1 N–H and O–H groups in total. The van der Waals surface area contributed by atoms with E-state index in [2.05, 4.69) is 15.5 Å². The van der Waals surface area contributed by atoms with Crippen LogP contribution in [0.5, 0.6) is 0 Å². The van der Waals surface area contributed by atoms with Gasteiger partial charge in [-0.3, -0.25) is 4.79 Å². The Balaban J connectivity index is 2.00. The van der Waals surface area contributed by atoms with Crippen molar-refractivity contribution in [1.29, 1.82) is 0 Å². The van der Waals surface area contributed by atoms with Crippen molar-refractivity contribution in [2.24, 2.45) is 0 Å². The van der Waals surface area contributed by atoms with Gasteiger partial charge in [0, 0.05) is 10.7 Å². The summed E-state index contributed by atoms with van der Waals surface area (Å²) < 4.78 is 0.820. The summed E-state index contributed by atoms with van der Waals surface area (Å²) in [6.45, 7) is 3.88. The summed E-state index contributed by atoms with van der Waals surface area (Å²) in [6, 6.07) is 7.07. The summed E-state index contributed by atoms with van der Waals surface area (Å²) >= 11 is 8.76. The Kier molecular flexibility index (Phi) is 5.39. The maximum Gasteiger partial charge on any atom is 0.237 e. The summed E-state index contributed by atoms with van der Waals surface area (Å²) in [5.74, 6) is -0.0346. The molecule has 0 aliphatic rings. The maximum absolute atomic E-state index is 12.2. The molecule has 0 spiro atoms. The molecule has 0 radical (unpaired) electrons. The van der Waals surface area contributed by atoms with Crippen LogP contribution in [0.2, 0.25) is 5.02 Å². The molecule has 7 heteroatoms. The van der Waals surface area contributed by atoms with Crippen LogP contribution in [-0.2, 0) is 4.79 Å². The minimum Gasteiger partial charge on any atom is -0.325 e. The fourth-order valence-corrected chi connectivity index (χ4v) is 3.63. The van der Waals surface area contributed by atoms with E-state index in [1.165, 1.54) is 23.1 Å². The number of rotatable bonds is 5. The Hall–Kier alpha value is -1.11. The molecule has 4 nitrogen and oxygen atoms in total. The third kappa shape index (κ3) is 4.19. The zero-order chi connectivity index (χ0) is 14.5. The van der Waals surface area contributed by atoms with Crippen LogP contribution in [0.3, 0.4) is 0 Å². The molecule has 0 aliphatic heterocycles. The van der Waals surface area contributed by atoms with Gasteiger partial charge in [0.15, 0.2) is 4.34 Å². The maximum atomic E-state index is 12.2. The van der Waals surface area contributed by atoms with E-state index in [0.29, 0.717) is 5.02 Å². The SMILES string of the molecule is CC[C@@H](Sc1nnc(C)s1)C(=O)Nc1ccc(Cl)cc1. The zero-order valence-electron chi connectivity index (χ0n) is 11.1. The minimum absolute atomic E-state index is 0.0346. The van der Waals surface area contributed by atoms with Gasteiger partial charge in [0.2, 0.25) is 5.91 Å². The second-order valence-corrected chi connectivity index (χ2v) is 7.17. The topological polar surface area (TPSA) is 54.9 Å². The molecular formula is C13H14ClN3OS2. The number of benzene rings is 1. The lowest BCUT2D eigenvalue weighted by Crippen LogP contribution is -2.24. The Labute approximate surface area is 130 Å². The second kappa shape index (κ2) is 7.06. The van der Waals surface area contributed by atoms with Crippen molar-refractivity contribution in [3.63, 3.8) is 0 Å². The fraction of sp³-hybridized carbons (Fsp3) is 0.308. The molecule has 106 valence electrons. The van der Waals surface area contributed by atoms with Gasteiger partial charge in [0.1, 0.15) is 5.01 Å². The quantitative estimate of drug-likeness (QED) is 0.843. The van der Waals surface area contributed by atoms with Crippen molar-refractivity contribution < 1.29 is 4.79 Å². The van der Waals surface area contributed by atoms with Crippen molar-refractivity contribution in [3.05, 3.63) is 34.3 Å². The number of nitrogens with zero attached hydrogens (tertiary/aromatic N) is 2. The van der Waals surface area contributed by atoms with Crippen molar-refractivity contribution in [3.8, 4) is 0 Å². The number of thioether (sulfide) groups is 1. The highest BCUT2D eigenvalue weighted by Gasteiger charge is 2.20. The third-order valence-electron chi connectivity index (χ3n) is 2.53. The Bertz CT molecular complexity index is 586. The van der Waals surface area contributed by atoms with Crippen molar-refractivity contribution >= 4 is 46.3 Å². The van der Waals surface area contributed by atoms with Crippen molar-refractivity contribution in [2.45, 2.75) is 29.9 Å². The van der Waals surface area contributed by atoms with E-state index in [1.807, 2.05) is 13.8 Å². The fourth-order valence-electron chi connectivity index (χ4n) is 1.53. The van der Waals surface area contributed by atoms with Crippen LogP contribution in [0.25, 0.3) is 0 Å². The van der Waals surface area contributed by atoms with E-state index in [1.54, 1.807) is 24.3 Å². The number of anilines is 1. The van der Waals surface area contributed by atoms with E-state index in [0.717, 1.165) is 21.5 Å². The van der Waals surface area contributed by atoms with Gasteiger partial charge in [-0.1, -0.05) is 41.6 Å². The van der Waals surface area contributed by atoms with Gasteiger partial charge in [-0.15, -0.1) is 10.2 Å². The second-order valence-electron chi connectivity index (χ2n) is 4.10. The van der Waals surface area contributed by atoms with E-state index in [9.17, 15) is 4.79 Å². The molecule has 2 rings (SSSR count). The molecule has 0 saturated heterocycles. The first kappa shape index (κ1) is 15.3. The molecule has 0 unspecified atom stereocenters. The van der Waals surface area contributed by atoms with E-state index >= 15 is 0 Å². The normalized spacial score (nSPS) is 12.2. The Morgan fingerprint density at radius 1 is 1.40 bits per heavy atom. The van der Waals surface area contributed by atoms with Gasteiger partial charge in [0.25, 0.3) is 0 Å². The Morgan fingerprint density at radius 2 is 2.10 bits per heavy atom. The largest absolute Gasteiger partial charge is 0.325 e. The van der Waals surface area contributed by atoms with Gasteiger partial charge in [-0.25, -0.2) is 0 Å². The molecule has 0 saturated carbocycles. The van der Waals surface area contributed by atoms with Crippen molar-refractivity contribution in [1.82, 2.24) is 10.2 Å². The van der Waals surface area contributed by atoms with Crippen LogP contribution >= 0.6 is 34.7 Å². The number of hydrogen-bond donors (Lipinski definition) is 1. The highest BCUT2D eigenvalue weighted by atomic mass is 35.5. The predicted octanol–water partition coefficient (Wildman–Crippen LogP) is 4.01. The van der Waals surface area contributed by atoms with Crippen LogP contribution in [0, 0.1) is 6.92 Å². The average molecular weight is 328 g/mol. The summed E-state index contributed by atoms with van der Waals surface area (Å²) in [7, 11) is 0. The Morgan fingerprint density at radius 3 is 2.65 bits per heavy atom. The number of aryl methyl sites for hydroxylation is 1. The molecule has 0 fully saturated rings. The molecular weight excluding hydrogens is 314 g/mol. The van der Waals surface area contributed by atoms with E-state index in [-0.39, 0.29) is 11.2 Å². The monoisotopic (exact) mass is 327 g/mol. The van der Waals surface area contributed by atoms with Crippen LogP contribution in [0.15, 0.2) is 28.6 Å². The minimum atomic E-state index is -0.182. The van der Waals surface area contributed by atoms with Gasteiger partial charge >= 0.3 is 0 Å². The van der Waals surface area contributed by atoms with Gasteiger partial charge < -0.3 is 5.32 Å². The number of carbonyl (C=O) groups is 1. The zero-order valence-corrected chi connectivity index (χ0v) is 13.5. The van der Waals surface area contributed by atoms with Crippen LogP contribution in [-0.4, -0.2) is 21.4 Å². The number of amides is 1. The highest BCUT2D eigenvalue weighted by molar-refractivity contribution is 8.02. The lowest BCUT2D eigenvalue weighted by molar-refractivity contribution is -0.115. The van der Waals surface area contributed by atoms with Crippen molar-refractivity contribution in [2.75, 3.05) is 5.32 Å². The number of halogens is 1. The summed E-state index contributed by atoms with van der Waals surface area (Å²) in [5.41, 5.74) is 0.742. The smallest absolute Gasteiger partial charge is 0.237 e. The summed E-state index contributed by atoms with van der Waals surface area (Å²) in [4.78, 5) is 12.2. The first-order valence-corrected chi connectivity index (χ1v) is 8.19. The molecule has 1 aromatic heterocycles. The lowest BCUT2D eigenvalue weighted by Gasteiger charge is -2.13. The van der Waals surface area contributed by atoms with Gasteiger partial charge in [-0.05, 0) is 37.6 Å². The average Bonchev–Trinajstić information content (AvgIpc) is 2.84. The van der Waals surface area contributed by atoms with Crippen LogP contribution in [0.1, 0.15) is 18.4 Å². The molecule has 0 aliphatic carbocycles. The molecule has 0 bridgehead atoms. The van der Waals surface area contributed by atoms with Crippen LogP contribution < -0.4 is 5.32 Å². The number of nitrogens with one attached hydrogen (secondary N) is 1. The molecule has 1 heterocycles. The van der Waals surface area contributed by atoms with Crippen LogP contribution in [0.4, 0.5) is 5.69 Å². The lowest BCUT2D eigenvalue weighted by atomic mass is 10.3.